The predicted octanol–water partition coefficient (Wildman–Crippen LogP) is 5.43. The number of allylic oxidation sites excluding steroid dienone is 2. The minimum Gasteiger partial charge on any atom is -0.453 e. The number of nitrogens with two attached hydrogens (primary N) is 1. The summed E-state index contributed by atoms with van der Waals surface area (Å²) >= 11 is 0. The molecule has 1 aliphatic rings. The first-order valence-electron chi connectivity index (χ1n) is 8.60. The fraction of sp³-hybridized carbons (Fsp3) is 0.0476. The molecule has 0 unspecified atom stereocenters. The van der Waals surface area contributed by atoms with Crippen LogP contribution in [0.1, 0.15) is 5.69 Å². The van der Waals surface area contributed by atoms with Crippen molar-refractivity contribution in [3.8, 4) is 11.5 Å². The van der Waals surface area contributed by atoms with Crippen LogP contribution in [-0.4, -0.2) is 16.9 Å². The molecular weight excluding hydrogens is 381 g/mol. The van der Waals surface area contributed by atoms with Gasteiger partial charge in [-0.15, -0.1) is 0 Å². The average molecular weight is 396 g/mol. The zero-order chi connectivity index (χ0) is 20.6. The van der Waals surface area contributed by atoms with Gasteiger partial charge in [0.15, 0.2) is 11.5 Å². The molecular formula is C21H15F3N4O. The second kappa shape index (κ2) is 6.97. The number of pyridine rings is 1. The van der Waals surface area contributed by atoms with Crippen molar-refractivity contribution in [2.75, 3.05) is 4.90 Å². The van der Waals surface area contributed by atoms with Gasteiger partial charge in [0.1, 0.15) is 5.70 Å². The molecule has 0 atom stereocenters. The fourth-order valence-corrected chi connectivity index (χ4v) is 3.00. The summed E-state index contributed by atoms with van der Waals surface area (Å²) in [6.07, 6.45) is -2.70. The number of alkyl halides is 3. The van der Waals surface area contributed by atoms with Crippen molar-refractivity contribution >= 4 is 22.8 Å². The van der Waals surface area contributed by atoms with Crippen molar-refractivity contribution in [2.24, 2.45) is 5.73 Å². The average Bonchev–Trinajstić information content (AvgIpc) is 2.71. The van der Waals surface area contributed by atoms with E-state index in [0.29, 0.717) is 23.3 Å². The number of benzene rings is 2. The van der Waals surface area contributed by atoms with E-state index in [0.717, 1.165) is 11.4 Å². The van der Waals surface area contributed by atoms with Crippen LogP contribution >= 0.6 is 0 Å². The molecule has 2 aromatic carbocycles. The monoisotopic (exact) mass is 396 g/mol. The highest BCUT2D eigenvalue weighted by Gasteiger charge is 2.32. The van der Waals surface area contributed by atoms with Gasteiger partial charge in [-0.3, -0.25) is 10.4 Å². The van der Waals surface area contributed by atoms with Crippen molar-refractivity contribution in [3.63, 3.8) is 0 Å². The third kappa shape index (κ3) is 3.52. The molecule has 1 aliphatic heterocycles. The lowest BCUT2D eigenvalue weighted by Gasteiger charge is -2.32. The highest BCUT2D eigenvalue weighted by molar-refractivity contribution is 6.06. The summed E-state index contributed by atoms with van der Waals surface area (Å²) in [6.45, 7) is 0. The van der Waals surface area contributed by atoms with E-state index in [2.05, 4.69) is 4.98 Å². The van der Waals surface area contributed by atoms with Crippen LogP contribution in [0.5, 0.6) is 11.5 Å². The normalized spacial score (nSPS) is 13.3. The van der Waals surface area contributed by atoms with Crippen molar-refractivity contribution in [1.29, 1.82) is 5.41 Å². The highest BCUT2D eigenvalue weighted by atomic mass is 19.4. The molecule has 3 N–H and O–H groups in total. The van der Waals surface area contributed by atoms with Crippen LogP contribution in [0, 0.1) is 5.41 Å². The molecule has 0 amide bonds. The number of para-hydroxylation sites is 4. The van der Waals surface area contributed by atoms with Gasteiger partial charge in [0.2, 0.25) is 0 Å². The maximum absolute atomic E-state index is 12.7. The van der Waals surface area contributed by atoms with Gasteiger partial charge in [0.05, 0.1) is 28.5 Å². The Kier molecular flexibility index (Phi) is 4.46. The summed E-state index contributed by atoms with van der Waals surface area (Å²) in [7, 11) is 0. The van der Waals surface area contributed by atoms with Crippen molar-refractivity contribution in [2.45, 2.75) is 6.18 Å². The number of hydrogen-bond acceptors (Lipinski definition) is 5. The fourth-order valence-electron chi connectivity index (χ4n) is 3.00. The molecule has 4 rings (SSSR count). The smallest absolute Gasteiger partial charge is 0.430 e. The maximum atomic E-state index is 12.7. The molecule has 8 heteroatoms. The Morgan fingerprint density at radius 2 is 1.59 bits per heavy atom. The summed E-state index contributed by atoms with van der Waals surface area (Å²) in [4.78, 5) is 5.94. The van der Waals surface area contributed by atoms with E-state index >= 15 is 0 Å². The summed E-state index contributed by atoms with van der Waals surface area (Å²) in [5.41, 5.74) is 5.47. The third-order valence-electron chi connectivity index (χ3n) is 4.34. The summed E-state index contributed by atoms with van der Waals surface area (Å²) in [5, 5.41) is 7.98. The number of nitrogens with zero attached hydrogens (tertiary/aromatic N) is 2. The lowest BCUT2D eigenvalue weighted by atomic mass is 10.1. The molecule has 0 radical (unpaired) electrons. The molecule has 5 nitrogen and oxygen atoms in total. The predicted molar refractivity (Wildman–Crippen MR) is 104 cm³/mol. The van der Waals surface area contributed by atoms with Gasteiger partial charge >= 0.3 is 6.18 Å². The molecule has 1 aromatic heterocycles. The van der Waals surface area contributed by atoms with E-state index < -0.39 is 17.6 Å². The van der Waals surface area contributed by atoms with Crippen molar-refractivity contribution in [1.82, 2.24) is 4.98 Å². The van der Waals surface area contributed by atoms with Crippen LogP contribution in [0.2, 0.25) is 0 Å². The van der Waals surface area contributed by atoms with Gasteiger partial charge < -0.3 is 15.4 Å². The Hall–Kier alpha value is -3.81. The van der Waals surface area contributed by atoms with E-state index in [1.165, 1.54) is 6.20 Å². The molecule has 2 heterocycles. The Morgan fingerprint density at radius 3 is 2.17 bits per heavy atom. The van der Waals surface area contributed by atoms with Crippen LogP contribution in [0.3, 0.4) is 0 Å². The van der Waals surface area contributed by atoms with Gasteiger partial charge in [-0.2, -0.15) is 13.2 Å². The molecule has 0 aliphatic carbocycles. The van der Waals surface area contributed by atoms with E-state index in [1.54, 1.807) is 12.1 Å². The van der Waals surface area contributed by atoms with Crippen LogP contribution < -0.4 is 15.4 Å². The second-order valence-corrected chi connectivity index (χ2v) is 6.28. The number of halogens is 3. The van der Waals surface area contributed by atoms with E-state index in [1.807, 2.05) is 53.4 Å². The minimum absolute atomic E-state index is 0.0659. The standard InChI is InChI=1S/C21H15F3N4O/c22-21(23,24)20(26)12-14(25)15-11-13(9-10-27-15)28-16-5-1-3-7-18(16)29-19-8-4-2-6-17(19)28/h1-12,25H,26H2. The van der Waals surface area contributed by atoms with E-state index in [-0.39, 0.29) is 5.69 Å². The van der Waals surface area contributed by atoms with Gasteiger partial charge in [-0.1, -0.05) is 24.3 Å². The molecule has 146 valence electrons. The Morgan fingerprint density at radius 1 is 1.00 bits per heavy atom. The van der Waals surface area contributed by atoms with Crippen molar-refractivity contribution in [3.05, 3.63) is 84.3 Å². The van der Waals surface area contributed by atoms with Gasteiger partial charge in [0.25, 0.3) is 0 Å². The Balaban J connectivity index is 1.79. The molecule has 0 bridgehead atoms. The molecule has 0 spiro atoms. The number of rotatable bonds is 3. The molecule has 0 saturated heterocycles. The number of nitrogens with one attached hydrogen (secondary N) is 1. The van der Waals surface area contributed by atoms with E-state index in [9.17, 15) is 13.2 Å². The zero-order valence-electron chi connectivity index (χ0n) is 14.9. The van der Waals surface area contributed by atoms with Crippen LogP contribution in [0.4, 0.5) is 30.2 Å². The van der Waals surface area contributed by atoms with Crippen LogP contribution in [-0.2, 0) is 0 Å². The topological polar surface area (TPSA) is 75.2 Å². The van der Waals surface area contributed by atoms with Gasteiger partial charge in [-0.25, -0.2) is 0 Å². The lowest BCUT2D eigenvalue weighted by Crippen LogP contribution is -2.21. The quantitative estimate of drug-likeness (QED) is 0.453. The Labute approximate surface area is 164 Å². The summed E-state index contributed by atoms with van der Waals surface area (Å²) < 4.78 is 44.0. The first-order valence-corrected chi connectivity index (χ1v) is 8.60. The van der Waals surface area contributed by atoms with Crippen LogP contribution in [0.25, 0.3) is 0 Å². The third-order valence-corrected chi connectivity index (χ3v) is 4.34. The largest absolute Gasteiger partial charge is 0.453 e. The number of anilines is 3. The molecule has 0 saturated carbocycles. The first kappa shape index (κ1) is 18.5. The molecule has 0 fully saturated rings. The summed E-state index contributed by atoms with van der Waals surface area (Å²) in [5.74, 6) is 1.28. The minimum atomic E-state index is -4.70. The number of aromatic nitrogens is 1. The zero-order valence-corrected chi connectivity index (χ0v) is 14.9. The van der Waals surface area contributed by atoms with Crippen LogP contribution in [0.15, 0.2) is 78.6 Å². The SMILES string of the molecule is N=C(C=C(N)C(F)(F)F)c1cc(N2c3ccccc3Oc3ccccc32)ccn1. The number of ether oxygens (including phenoxy) is 1. The Bertz CT molecular complexity index is 1080. The second-order valence-electron chi connectivity index (χ2n) is 6.28. The number of hydrogen-bond donors (Lipinski definition) is 2. The van der Waals surface area contributed by atoms with Gasteiger partial charge in [0, 0.05) is 6.20 Å². The highest BCUT2D eigenvalue weighted by Crippen LogP contribution is 2.49. The maximum Gasteiger partial charge on any atom is 0.430 e. The first-order chi connectivity index (χ1) is 13.8. The van der Waals surface area contributed by atoms with E-state index in [4.69, 9.17) is 15.9 Å². The number of fused-ring (bicyclic) bond motifs is 2. The molecule has 29 heavy (non-hydrogen) atoms. The van der Waals surface area contributed by atoms with Gasteiger partial charge in [-0.05, 0) is 42.5 Å². The van der Waals surface area contributed by atoms with Crippen molar-refractivity contribution < 1.29 is 17.9 Å². The lowest BCUT2D eigenvalue weighted by molar-refractivity contribution is -0.0925. The molecule has 3 aromatic rings. The summed E-state index contributed by atoms with van der Waals surface area (Å²) in [6, 6.07) is 18.1.